The molecule has 6 rings (SSSR count). The van der Waals surface area contributed by atoms with Gasteiger partial charge in [-0.2, -0.15) is 0 Å². The molecule has 0 saturated heterocycles. The third kappa shape index (κ3) is 3.10. The predicted octanol–water partition coefficient (Wildman–Crippen LogP) is 9.17. The predicted molar refractivity (Wildman–Crippen MR) is 151 cm³/mol. The molecule has 0 amide bonds. The summed E-state index contributed by atoms with van der Waals surface area (Å²) in [7, 11) is -1.38. The summed E-state index contributed by atoms with van der Waals surface area (Å²) in [5.74, 6) is 0. The van der Waals surface area contributed by atoms with Crippen molar-refractivity contribution in [2.24, 2.45) is 0 Å². The fourth-order valence-electron chi connectivity index (χ4n) is 6.00. The van der Waals surface area contributed by atoms with Gasteiger partial charge in [0.2, 0.25) is 0 Å². The average molecular weight is 443 g/mol. The third-order valence-electron chi connectivity index (χ3n) is 8.30. The summed E-state index contributed by atoms with van der Waals surface area (Å²) >= 11 is 0. The minimum atomic E-state index is -1.38. The highest BCUT2D eigenvalue weighted by Gasteiger charge is 2.29. The van der Waals surface area contributed by atoms with E-state index in [1.54, 1.807) is 5.19 Å². The van der Waals surface area contributed by atoms with E-state index < -0.39 is 8.07 Å². The van der Waals surface area contributed by atoms with E-state index in [9.17, 15) is 0 Å². The zero-order chi connectivity index (χ0) is 22.6. The second-order valence-electron chi connectivity index (χ2n) is 9.62. The van der Waals surface area contributed by atoms with Crippen molar-refractivity contribution in [2.45, 2.75) is 38.9 Å². The van der Waals surface area contributed by atoms with Crippen LogP contribution in [0.1, 0.15) is 20.8 Å². The molecule has 33 heavy (non-hydrogen) atoms. The van der Waals surface area contributed by atoms with Gasteiger partial charge in [0.15, 0.2) is 0 Å². The van der Waals surface area contributed by atoms with Crippen molar-refractivity contribution in [1.82, 2.24) is 0 Å². The molecule has 6 aromatic carbocycles. The molecule has 0 aliphatic carbocycles. The van der Waals surface area contributed by atoms with Gasteiger partial charge in [-0.1, -0.05) is 111 Å². The van der Waals surface area contributed by atoms with Crippen molar-refractivity contribution in [1.29, 1.82) is 0 Å². The van der Waals surface area contributed by atoms with Gasteiger partial charge in [-0.15, -0.1) is 0 Å². The molecule has 0 saturated carbocycles. The molecule has 0 unspecified atom stereocenters. The van der Waals surface area contributed by atoms with Gasteiger partial charge < -0.3 is 0 Å². The van der Waals surface area contributed by atoms with Crippen molar-refractivity contribution in [3.63, 3.8) is 0 Å². The van der Waals surface area contributed by atoms with Crippen LogP contribution < -0.4 is 5.19 Å². The molecule has 0 heterocycles. The molecule has 1 heteroatoms. The zero-order valence-electron chi connectivity index (χ0n) is 19.8. The maximum atomic E-state index is 2.51. The SMILES string of the molecule is CC[Si](CC)(CC)c1ccc2cc3c(ccc4c5cc6ccccc6cc5ccc34)cc2c1. The number of fused-ring (bicyclic) bond motifs is 7. The third-order valence-corrected chi connectivity index (χ3v) is 13.9. The molecule has 0 aliphatic heterocycles. The van der Waals surface area contributed by atoms with Crippen LogP contribution in [-0.4, -0.2) is 8.07 Å². The van der Waals surface area contributed by atoms with Crippen molar-refractivity contribution in [2.75, 3.05) is 0 Å². The lowest BCUT2D eigenvalue weighted by atomic mass is 9.94. The first-order valence-electron chi connectivity index (χ1n) is 12.4. The summed E-state index contributed by atoms with van der Waals surface area (Å²) in [5.41, 5.74) is 0. The van der Waals surface area contributed by atoms with Crippen LogP contribution >= 0.6 is 0 Å². The van der Waals surface area contributed by atoms with Crippen LogP contribution in [0.3, 0.4) is 0 Å². The van der Waals surface area contributed by atoms with Crippen LogP contribution in [0.25, 0.3) is 53.9 Å². The van der Waals surface area contributed by atoms with Crippen LogP contribution in [-0.2, 0) is 0 Å². The summed E-state index contributed by atoms with van der Waals surface area (Å²) in [6.07, 6.45) is 0. The van der Waals surface area contributed by atoms with Gasteiger partial charge in [0.25, 0.3) is 0 Å². The normalized spacial score (nSPS) is 12.5. The lowest BCUT2D eigenvalue weighted by molar-refractivity contribution is 1.20. The molecule has 6 aromatic rings. The van der Waals surface area contributed by atoms with Crippen molar-refractivity contribution < 1.29 is 0 Å². The molecular weight excluding hydrogens is 412 g/mol. The lowest BCUT2D eigenvalue weighted by Gasteiger charge is -2.29. The van der Waals surface area contributed by atoms with E-state index in [1.165, 1.54) is 72.0 Å². The van der Waals surface area contributed by atoms with Gasteiger partial charge in [-0.25, -0.2) is 0 Å². The van der Waals surface area contributed by atoms with Gasteiger partial charge in [0, 0.05) is 0 Å². The van der Waals surface area contributed by atoms with Gasteiger partial charge in [0.1, 0.15) is 0 Å². The molecule has 0 aliphatic rings. The molecule has 0 atom stereocenters. The summed E-state index contributed by atoms with van der Waals surface area (Å²) in [6.45, 7) is 7.18. The minimum Gasteiger partial charge on any atom is -0.0675 e. The van der Waals surface area contributed by atoms with Crippen LogP contribution in [0.2, 0.25) is 18.1 Å². The number of hydrogen-bond donors (Lipinski definition) is 0. The number of rotatable bonds is 4. The van der Waals surface area contributed by atoms with E-state index >= 15 is 0 Å². The zero-order valence-corrected chi connectivity index (χ0v) is 20.8. The molecule has 0 N–H and O–H groups in total. The second kappa shape index (κ2) is 7.71. The summed E-state index contributed by atoms with van der Waals surface area (Å²) in [5, 5.41) is 15.0. The highest BCUT2D eigenvalue weighted by atomic mass is 28.3. The van der Waals surface area contributed by atoms with E-state index in [2.05, 4.69) is 112 Å². The molecule has 0 fully saturated rings. The lowest BCUT2D eigenvalue weighted by Crippen LogP contribution is -2.45. The van der Waals surface area contributed by atoms with E-state index in [1.807, 2.05) is 0 Å². The van der Waals surface area contributed by atoms with E-state index in [4.69, 9.17) is 0 Å². The van der Waals surface area contributed by atoms with Crippen LogP contribution in [0, 0.1) is 0 Å². The Labute approximate surface area is 196 Å². The highest BCUT2D eigenvalue weighted by molar-refractivity contribution is 6.91. The Balaban J connectivity index is 1.61. The first-order chi connectivity index (χ1) is 16.2. The van der Waals surface area contributed by atoms with E-state index in [0.29, 0.717) is 0 Å². The number of hydrogen-bond acceptors (Lipinski definition) is 0. The van der Waals surface area contributed by atoms with Gasteiger partial charge in [0.05, 0.1) is 8.07 Å². The molecule has 0 aromatic heterocycles. The Morgan fingerprint density at radius 1 is 0.424 bits per heavy atom. The molecule has 0 nitrogen and oxygen atoms in total. The first-order valence-corrected chi connectivity index (χ1v) is 15.0. The van der Waals surface area contributed by atoms with Crippen LogP contribution in [0.4, 0.5) is 0 Å². The summed E-state index contributed by atoms with van der Waals surface area (Å²) in [6, 6.07) is 38.7. The fraction of sp³-hybridized carbons (Fsp3) is 0.188. The maximum Gasteiger partial charge on any atom is 0.0859 e. The van der Waals surface area contributed by atoms with Gasteiger partial charge >= 0.3 is 0 Å². The standard InChI is InChI=1S/C32H30Si/c1-4-33(5-2,6-3)28-14-11-24-21-32-26(18-27(24)19-28)13-16-29-30(32)15-12-25-17-22-9-7-8-10-23(22)20-31(25)29/h7-21H,4-6H2,1-3H3. The summed E-state index contributed by atoms with van der Waals surface area (Å²) < 4.78 is 0. The Hall–Kier alpha value is -3.16. The van der Waals surface area contributed by atoms with Crippen LogP contribution in [0.15, 0.2) is 91.0 Å². The molecule has 162 valence electrons. The molecule has 0 radical (unpaired) electrons. The van der Waals surface area contributed by atoms with E-state index in [0.717, 1.165) is 0 Å². The Morgan fingerprint density at radius 3 is 1.48 bits per heavy atom. The highest BCUT2D eigenvalue weighted by Crippen LogP contribution is 2.35. The van der Waals surface area contributed by atoms with Crippen molar-refractivity contribution in [3.05, 3.63) is 91.0 Å². The van der Waals surface area contributed by atoms with Crippen molar-refractivity contribution >= 4 is 67.1 Å². The second-order valence-corrected chi connectivity index (χ2v) is 14.9. The van der Waals surface area contributed by atoms with Gasteiger partial charge in [-0.05, 0) is 78.1 Å². The molecule has 0 bridgehead atoms. The smallest absolute Gasteiger partial charge is 0.0675 e. The maximum absolute atomic E-state index is 2.51. The fourth-order valence-corrected chi connectivity index (χ4v) is 9.63. The Kier molecular flexibility index (Phi) is 4.78. The monoisotopic (exact) mass is 442 g/mol. The van der Waals surface area contributed by atoms with Crippen LogP contribution in [0.5, 0.6) is 0 Å². The quantitative estimate of drug-likeness (QED) is 0.145. The summed E-state index contributed by atoms with van der Waals surface area (Å²) in [4.78, 5) is 0. The van der Waals surface area contributed by atoms with Gasteiger partial charge in [-0.3, -0.25) is 0 Å². The Bertz CT molecular complexity index is 1660. The molecule has 0 spiro atoms. The Morgan fingerprint density at radius 2 is 0.909 bits per heavy atom. The van der Waals surface area contributed by atoms with Crippen molar-refractivity contribution in [3.8, 4) is 0 Å². The first kappa shape index (κ1) is 20.4. The molecular formula is C32H30Si. The topological polar surface area (TPSA) is 0 Å². The van der Waals surface area contributed by atoms with E-state index in [-0.39, 0.29) is 0 Å². The average Bonchev–Trinajstić information content (AvgIpc) is 2.87. The minimum absolute atomic E-state index is 1.30. The largest absolute Gasteiger partial charge is 0.0859 e. The number of benzene rings is 6.